The van der Waals surface area contributed by atoms with Gasteiger partial charge in [-0.25, -0.2) is 0 Å². The summed E-state index contributed by atoms with van der Waals surface area (Å²) >= 11 is 0. The molecule has 0 aliphatic carbocycles. The van der Waals surface area contributed by atoms with E-state index >= 15 is 0 Å². The Morgan fingerprint density at radius 1 is 1.58 bits per heavy atom. The Labute approximate surface area is 114 Å². The van der Waals surface area contributed by atoms with Crippen molar-refractivity contribution in [2.75, 3.05) is 20.2 Å². The smallest absolute Gasteiger partial charge is 0.307 e. The molecule has 0 radical (unpaired) electrons. The molecule has 104 valence electrons. The summed E-state index contributed by atoms with van der Waals surface area (Å²) in [5.74, 6) is -0.336. The molecule has 0 aliphatic rings. The molecular weight excluding hydrogens is 242 g/mol. The molecule has 1 unspecified atom stereocenters. The van der Waals surface area contributed by atoms with E-state index in [0.29, 0.717) is 19.7 Å². The molecule has 0 saturated heterocycles. The Bertz CT molecular complexity index is 431. The lowest BCUT2D eigenvalue weighted by molar-refractivity contribution is -0.141. The Morgan fingerprint density at radius 2 is 2.32 bits per heavy atom. The van der Waals surface area contributed by atoms with Crippen molar-refractivity contribution >= 4 is 5.97 Å². The molecule has 0 fully saturated rings. The Morgan fingerprint density at radius 3 is 2.95 bits per heavy atom. The van der Waals surface area contributed by atoms with Crippen LogP contribution in [0.1, 0.15) is 12.5 Å². The highest BCUT2D eigenvalue weighted by atomic mass is 16.5. The number of carboxylic acids is 1. The maximum Gasteiger partial charge on any atom is 0.307 e. The number of benzene rings is 1. The largest absolute Gasteiger partial charge is 0.490 e. The SMILES string of the molecule is C=CCOc1cccc(CN(C)CC(C)C(=O)O)c1. The molecule has 0 aliphatic heterocycles. The van der Waals surface area contributed by atoms with Crippen molar-refractivity contribution in [3.63, 3.8) is 0 Å². The van der Waals surface area contributed by atoms with Crippen LogP contribution in [0, 0.1) is 5.92 Å². The van der Waals surface area contributed by atoms with Gasteiger partial charge in [0.15, 0.2) is 0 Å². The lowest BCUT2D eigenvalue weighted by atomic mass is 10.1. The summed E-state index contributed by atoms with van der Waals surface area (Å²) in [6.45, 7) is 7.02. The monoisotopic (exact) mass is 263 g/mol. The molecular formula is C15H21NO3. The third kappa shape index (κ3) is 5.57. The second-order valence-corrected chi connectivity index (χ2v) is 4.68. The first-order valence-electron chi connectivity index (χ1n) is 6.27. The Balaban J connectivity index is 2.56. The number of carboxylic acid groups (broad SMARTS) is 1. The van der Waals surface area contributed by atoms with Gasteiger partial charge >= 0.3 is 5.97 Å². The van der Waals surface area contributed by atoms with E-state index in [9.17, 15) is 4.79 Å². The van der Waals surface area contributed by atoms with Crippen LogP contribution in [0.15, 0.2) is 36.9 Å². The predicted molar refractivity (Wildman–Crippen MR) is 75.3 cm³/mol. The fraction of sp³-hybridized carbons (Fsp3) is 0.400. The van der Waals surface area contributed by atoms with Crippen LogP contribution in [0.5, 0.6) is 5.75 Å². The van der Waals surface area contributed by atoms with Crippen LogP contribution in [0.3, 0.4) is 0 Å². The predicted octanol–water partition coefficient (Wildman–Crippen LogP) is 2.40. The lowest BCUT2D eigenvalue weighted by Crippen LogP contribution is -2.28. The van der Waals surface area contributed by atoms with Gasteiger partial charge in [-0.05, 0) is 24.7 Å². The molecule has 1 atom stereocenters. The van der Waals surface area contributed by atoms with Gasteiger partial charge in [-0.15, -0.1) is 0 Å². The summed E-state index contributed by atoms with van der Waals surface area (Å²) in [6, 6.07) is 7.79. The molecule has 0 amide bonds. The van der Waals surface area contributed by atoms with E-state index in [1.807, 2.05) is 36.2 Å². The molecule has 1 aromatic carbocycles. The van der Waals surface area contributed by atoms with Crippen molar-refractivity contribution < 1.29 is 14.6 Å². The zero-order valence-corrected chi connectivity index (χ0v) is 11.5. The van der Waals surface area contributed by atoms with Crippen LogP contribution in [0.4, 0.5) is 0 Å². The van der Waals surface area contributed by atoms with Crippen LogP contribution in [-0.4, -0.2) is 36.2 Å². The van der Waals surface area contributed by atoms with E-state index in [1.165, 1.54) is 0 Å². The van der Waals surface area contributed by atoms with E-state index < -0.39 is 5.97 Å². The average Bonchev–Trinajstić information content (AvgIpc) is 2.36. The van der Waals surface area contributed by atoms with Crippen molar-refractivity contribution in [3.05, 3.63) is 42.5 Å². The molecule has 0 spiro atoms. The van der Waals surface area contributed by atoms with Gasteiger partial charge in [-0.3, -0.25) is 4.79 Å². The Hall–Kier alpha value is -1.81. The number of aliphatic carboxylic acids is 1. The molecule has 4 nitrogen and oxygen atoms in total. The number of hydrogen-bond acceptors (Lipinski definition) is 3. The van der Waals surface area contributed by atoms with Gasteiger partial charge in [0.05, 0.1) is 5.92 Å². The molecule has 0 heterocycles. The average molecular weight is 263 g/mol. The van der Waals surface area contributed by atoms with Crippen LogP contribution in [0.25, 0.3) is 0 Å². The topological polar surface area (TPSA) is 49.8 Å². The third-order valence-electron chi connectivity index (χ3n) is 2.73. The van der Waals surface area contributed by atoms with E-state index in [1.54, 1.807) is 13.0 Å². The lowest BCUT2D eigenvalue weighted by Gasteiger charge is -2.19. The van der Waals surface area contributed by atoms with Crippen molar-refractivity contribution in [1.29, 1.82) is 0 Å². The van der Waals surface area contributed by atoms with Gasteiger partial charge in [-0.2, -0.15) is 0 Å². The van der Waals surface area contributed by atoms with Crippen LogP contribution < -0.4 is 4.74 Å². The van der Waals surface area contributed by atoms with E-state index in [4.69, 9.17) is 9.84 Å². The second-order valence-electron chi connectivity index (χ2n) is 4.68. The van der Waals surface area contributed by atoms with Crippen LogP contribution in [-0.2, 0) is 11.3 Å². The highest BCUT2D eigenvalue weighted by Crippen LogP contribution is 2.15. The molecule has 0 saturated carbocycles. The zero-order chi connectivity index (χ0) is 14.3. The zero-order valence-electron chi connectivity index (χ0n) is 11.5. The van der Waals surface area contributed by atoms with E-state index in [2.05, 4.69) is 6.58 Å². The summed E-state index contributed by atoms with van der Waals surface area (Å²) in [4.78, 5) is 12.8. The summed E-state index contributed by atoms with van der Waals surface area (Å²) in [6.07, 6.45) is 1.70. The van der Waals surface area contributed by atoms with Gasteiger partial charge in [0, 0.05) is 13.1 Å². The van der Waals surface area contributed by atoms with E-state index in [-0.39, 0.29) is 5.92 Å². The third-order valence-corrected chi connectivity index (χ3v) is 2.73. The standard InChI is InChI=1S/C15H21NO3/c1-4-8-19-14-7-5-6-13(9-14)11-16(3)10-12(2)15(17)18/h4-7,9,12H,1,8,10-11H2,2-3H3,(H,17,18). The summed E-state index contributed by atoms with van der Waals surface area (Å²) < 4.78 is 5.47. The minimum absolute atomic E-state index is 0.370. The maximum atomic E-state index is 10.8. The Kier molecular flexibility index (Phi) is 6.09. The molecule has 0 aromatic heterocycles. The van der Waals surface area contributed by atoms with Crippen molar-refractivity contribution in [1.82, 2.24) is 4.90 Å². The molecule has 19 heavy (non-hydrogen) atoms. The number of carbonyl (C=O) groups is 1. The summed E-state index contributed by atoms with van der Waals surface area (Å²) in [7, 11) is 1.91. The minimum Gasteiger partial charge on any atom is -0.490 e. The number of hydrogen-bond donors (Lipinski definition) is 1. The summed E-state index contributed by atoms with van der Waals surface area (Å²) in [5, 5.41) is 8.88. The molecule has 1 N–H and O–H groups in total. The first kappa shape index (κ1) is 15.2. The second kappa shape index (κ2) is 7.59. The minimum atomic E-state index is -0.769. The van der Waals surface area contributed by atoms with Crippen molar-refractivity contribution in [2.45, 2.75) is 13.5 Å². The summed E-state index contributed by atoms with van der Waals surface area (Å²) in [5.41, 5.74) is 1.10. The highest BCUT2D eigenvalue weighted by molar-refractivity contribution is 5.69. The van der Waals surface area contributed by atoms with Gasteiger partial charge in [0.1, 0.15) is 12.4 Å². The van der Waals surface area contributed by atoms with Gasteiger partial charge in [0.2, 0.25) is 0 Å². The van der Waals surface area contributed by atoms with Crippen molar-refractivity contribution in [2.24, 2.45) is 5.92 Å². The van der Waals surface area contributed by atoms with Gasteiger partial charge in [-0.1, -0.05) is 31.7 Å². The quantitative estimate of drug-likeness (QED) is 0.732. The molecule has 4 heteroatoms. The number of ether oxygens (including phenoxy) is 1. The molecule has 0 bridgehead atoms. The number of nitrogens with zero attached hydrogens (tertiary/aromatic N) is 1. The molecule has 1 aromatic rings. The first-order chi connectivity index (χ1) is 9.02. The molecule has 1 rings (SSSR count). The number of rotatable bonds is 8. The van der Waals surface area contributed by atoms with Crippen LogP contribution in [0.2, 0.25) is 0 Å². The first-order valence-corrected chi connectivity index (χ1v) is 6.27. The van der Waals surface area contributed by atoms with Crippen molar-refractivity contribution in [3.8, 4) is 5.75 Å². The fourth-order valence-corrected chi connectivity index (χ4v) is 1.81. The van der Waals surface area contributed by atoms with Gasteiger partial charge < -0.3 is 14.7 Å². The normalized spacial score (nSPS) is 12.2. The highest BCUT2D eigenvalue weighted by Gasteiger charge is 2.13. The van der Waals surface area contributed by atoms with Gasteiger partial charge in [0.25, 0.3) is 0 Å². The van der Waals surface area contributed by atoms with E-state index in [0.717, 1.165) is 11.3 Å². The van der Waals surface area contributed by atoms with Crippen LogP contribution >= 0.6 is 0 Å². The maximum absolute atomic E-state index is 10.8. The fourth-order valence-electron chi connectivity index (χ4n) is 1.81.